The van der Waals surface area contributed by atoms with E-state index in [-0.39, 0.29) is 0 Å². The van der Waals surface area contributed by atoms with Crippen LogP contribution in [0, 0.1) is 0 Å². The standard InChI is InChI=1S/C14H13Cl2N3O5/c1-2-24-9-5-3-8(4-6-9)18-12(20)13(21)19-17-7-10(15)11(16)14(22)23/h3-7H,2H2,1H3,(H,18,20)(H,19,21)(H,22,23)/b11-10+,17-7+. The lowest BCUT2D eigenvalue weighted by Crippen LogP contribution is -2.32. The van der Waals surface area contributed by atoms with E-state index in [0.29, 0.717) is 18.0 Å². The van der Waals surface area contributed by atoms with Gasteiger partial charge in [-0.05, 0) is 31.2 Å². The first-order valence-corrected chi connectivity index (χ1v) is 7.26. The Labute approximate surface area is 147 Å². The number of carboxylic acid groups (broad SMARTS) is 1. The van der Waals surface area contributed by atoms with Crippen molar-refractivity contribution in [1.29, 1.82) is 0 Å². The minimum absolute atomic E-state index is 0.384. The average molecular weight is 374 g/mol. The van der Waals surface area contributed by atoms with Crippen LogP contribution in [0.2, 0.25) is 0 Å². The summed E-state index contributed by atoms with van der Waals surface area (Å²) >= 11 is 10.9. The van der Waals surface area contributed by atoms with Crippen LogP contribution in [0.15, 0.2) is 39.4 Å². The van der Waals surface area contributed by atoms with Gasteiger partial charge < -0.3 is 15.2 Å². The number of anilines is 1. The minimum atomic E-state index is -1.45. The van der Waals surface area contributed by atoms with Crippen molar-refractivity contribution in [1.82, 2.24) is 5.43 Å². The Morgan fingerprint density at radius 1 is 1.21 bits per heavy atom. The molecule has 1 aromatic carbocycles. The second-order valence-corrected chi connectivity index (χ2v) is 4.86. The predicted octanol–water partition coefficient (Wildman–Crippen LogP) is 1.90. The van der Waals surface area contributed by atoms with Crippen LogP contribution in [0.5, 0.6) is 5.75 Å². The van der Waals surface area contributed by atoms with Crippen LogP contribution < -0.4 is 15.5 Å². The average Bonchev–Trinajstić information content (AvgIpc) is 2.55. The Kier molecular flexibility index (Phi) is 7.73. The highest BCUT2D eigenvalue weighted by Crippen LogP contribution is 2.15. The monoisotopic (exact) mass is 373 g/mol. The fourth-order valence-electron chi connectivity index (χ4n) is 1.35. The van der Waals surface area contributed by atoms with E-state index in [4.69, 9.17) is 33.0 Å². The number of nitrogens with one attached hydrogen (secondary N) is 2. The number of amides is 2. The second kappa shape index (κ2) is 9.53. The van der Waals surface area contributed by atoms with Gasteiger partial charge in [-0.15, -0.1) is 0 Å². The number of hydrazone groups is 1. The van der Waals surface area contributed by atoms with E-state index in [0.717, 1.165) is 6.21 Å². The molecule has 0 heterocycles. The molecule has 3 N–H and O–H groups in total. The molecule has 0 saturated heterocycles. The SMILES string of the molecule is CCOc1ccc(NC(=O)C(=O)N/N=C/C(Cl)=C(\Cl)C(=O)O)cc1. The lowest BCUT2D eigenvalue weighted by atomic mass is 10.3. The highest BCUT2D eigenvalue weighted by molar-refractivity contribution is 6.51. The Morgan fingerprint density at radius 2 is 1.83 bits per heavy atom. The zero-order chi connectivity index (χ0) is 18.1. The summed E-state index contributed by atoms with van der Waals surface area (Å²) in [6.07, 6.45) is 0.792. The first-order valence-electron chi connectivity index (χ1n) is 6.51. The topological polar surface area (TPSA) is 117 Å². The van der Waals surface area contributed by atoms with E-state index >= 15 is 0 Å². The van der Waals surface area contributed by atoms with Gasteiger partial charge in [0.15, 0.2) is 0 Å². The number of carboxylic acids is 1. The van der Waals surface area contributed by atoms with E-state index in [9.17, 15) is 14.4 Å². The molecule has 0 radical (unpaired) electrons. The molecule has 10 heteroatoms. The number of ether oxygens (including phenoxy) is 1. The van der Waals surface area contributed by atoms with Gasteiger partial charge in [-0.2, -0.15) is 5.10 Å². The number of rotatable bonds is 6. The van der Waals surface area contributed by atoms with E-state index in [2.05, 4.69) is 10.4 Å². The Bertz CT molecular complexity index is 686. The summed E-state index contributed by atoms with van der Waals surface area (Å²) in [5.74, 6) is -2.87. The van der Waals surface area contributed by atoms with Crippen molar-refractivity contribution < 1.29 is 24.2 Å². The van der Waals surface area contributed by atoms with Crippen molar-refractivity contribution >= 4 is 52.9 Å². The van der Waals surface area contributed by atoms with Crippen LogP contribution in [0.25, 0.3) is 0 Å². The largest absolute Gasteiger partial charge is 0.494 e. The first-order chi connectivity index (χ1) is 11.3. The van der Waals surface area contributed by atoms with Crippen LogP contribution in [0.4, 0.5) is 5.69 Å². The Morgan fingerprint density at radius 3 is 2.38 bits per heavy atom. The Balaban J connectivity index is 2.58. The molecule has 0 fully saturated rings. The summed E-state index contributed by atoms with van der Waals surface area (Å²) in [5, 5.41) is 13.2. The lowest BCUT2D eigenvalue weighted by molar-refractivity contribution is -0.136. The summed E-state index contributed by atoms with van der Waals surface area (Å²) in [6, 6.07) is 6.39. The summed E-state index contributed by atoms with van der Waals surface area (Å²) in [5.41, 5.74) is 2.27. The zero-order valence-corrected chi connectivity index (χ0v) is 13.9. The molecule has 1 aromatic rings. The highest BCUT2D eigenvalue weighted by Gasteiger charge is 2.13. The molecule has 8 nitrogen and oxygen atoms in total. The molecular formula is C14H13Cl2N3O5. The molecule has 128 valence electrons. The number of benzene rings is 1. The summed E-state index contributed by atoms with van der Waals surface area (Å²) in [4.78, 5) is 33.7. The van der Waals surface area contributed by atoms with Gasteiger partial charge in [-0.3, -0.25) is 9.59 Å². The third kappa shape index (κ3) is 6.27. The first kappa shape index (κ1) is 19.5. The minimum Gasteiger partial charge on any atom is -0.494 e. The molecule has 0 atom stereocenters. The van der Waals surface area contributed by atoms with Crippen molar-refractivity contribution in [2.45, 2.75) is 6.92 Å². The number of nitrogens with zero attached hydrogens (tertiary/aromatic N) is 1. The normalized spacial score (nSPS) is 11.6. The van der Waals surface area contributed by atoms with Crippen molar-refractivity contribution in [3.8, 4) is 5.75 Å². The maximum absolute atomic E-state index is 11.6. The maximum Gasteiger partial charge on any atom is 0.348 e. The van der Waals surface area contributed by atoms with Crippen molar-refractivity contribution in [3.63, 3.8) is 0 Å². The number of aliphatic carboxylic acids is 1. The van der Waals surface area contributed by atoms with Crippen LogP contribution in [0.1, 0.15) is 6.92 Å². The smallest absolute Gasteiger partial charge is 0.348 e. The molecular weight excluding hydrogens is 361 g/mol. The molecule has 0 unspecified atom stereocenters. The van der Waals surface area contributed by atoms with E-state index in [1.54, 1.807) is 24.3 Å². The number of allylic oxidation sites excluding steroid dienone is 1. The quantitative estimate of drug-likeness (QED) is 0.304. The van der Waals surface area contributed by atoms with Crippen LogP contribution in [0.3, 0.4) is 0 Å². The molecule has 0 aromatic heterocycles. The van der Waals surface area contributed by atoms with Crippen LogP contribution >= 0.6 is 23.2 Å². The zero-order valence-electron chi connectivity index (χ0n) is 12.4. The van der Waals surface area contributed by atoms with E-state index in [1.165, 1.54) is 0 Å². The second-order valence-electron chi connectivity index (χ2n) is 4.08. The number of hydrogen-bond acceptors (Lipinski definition) is 5. The van der Waals surface area contributed by atoms with Crippen LogP contribution in [-0.2, 0) is 14.4 Å². The summed E-state index contributed by atoms with van der Waals surface area (Å²) in [7, 11) is 0. The van der Waals surface area contributed by atoms with Gasteiger partial charge in [0.2, 0.25) is 0 Å². The van der Waals surface area contributed by atoms with Crippen molar-refractivity contribution in [2.75, 3.05) is 11.9 Å². The summed E-state index contributed by atoms with van der Waals surface area (Å²) < 4.78 is 5.24. The van der Waals surface area contributed by atoms with Gasteiger partial charge in [0, 0.05) is 5.69 Å². The molecule has 1 rings (SSSR count). The fraction of sp³-hybridized carbons (Fsp3) is 0.143. The van der Waals surface area contributed by atoms with E-state index < -0.39 is 27.8 Å². The van der Waals surface area contributed by atoms with E-state index in [1.807, 2.05) is 12.3 Å². The van der Waals surface area contributed by atoms with Crippen LogP contribution in [-0.4, -0.2) is 35.7 Å². The van der Waals surface area contributed by atoms with Crippen molar-refractivity contribution in [3.05, 3.63) is 34.3 Å². The Hall–Kier alpha value is -2.58. The molecule has 0 saturated carbocycles. The van der Waals surface area contributed by atoms with Gasteiger partial charge in [0.25, 0.3) is 0 Å². The predicted molar refractivity (Wildman–Crippen MR) is 89.2 cm³/mol. The molecule has 0 bridgehead atoms. The van der Waals surface area contributed by atoms with Gasteiger partial charge in [-0.25, -0.2) is 10.2 Å². The number of carbonyl (C=O) groups excluding carboxylic acids is 2. The van der Waals surface area contributed by atoms with Crippen molar-refractivity contribution in [2.24, 2.45) is 5.10 Å². The third-order valence-corrected chi connectivity index (χ3v) is 3.12. The maximum atomic E-state index is 11.6. The molecule has 0 aliphatic heterocycles. The molecule has 24 heavy (non-hydrogen) atoms. The number of halogens is 2. The van der Waals surface area contributed by atoms with Gasteiger partial charge >= 0.3 is 17.8 Å². The van der Waals surface area contributed by atoms with Gasteiger partial charge in [0.05, 0.1) is 17.9 Å². The summed E-state index contributed by atoms with van der Waals surface area (Å²) in [6.45, 7) is 2.35. The molecule has 0 aliphatic carbocycles. The highest BCUT2D eigenvalue weighted by atomic mass is 35.5. The fourth-order valence-corrected chi connectivity index (χ4v) is 1.52. The van der Waals surface area contributed by atoms with Gasteiger partial charge in [0.1, 0.15) is 10.8 Å². The molecule has 0 aliphatic rings. The number of hydrogen-bond donors (Lipinski definition) is 3. The third-order valence-electron chi connectivity index (χ3n) is 2.37. The lowest BCUT2D eigenvalue weighted by Gasteiger charge is -2.06. The number of carbonyl (C=O) groups is 3. The molecule has 0 spiro atoms. The van der Waals surface area contributed by atoms with Gasteiger partial charge in [-0.1, -0.05) is 23.2 Å². The molecule has 2 amide bonds.